The smallest absolute Gasteiger partial charge is 0.257 e. The van der Waals surface area contributed by atoms with Crippen LogP contribution in [0.5, 0.6) is 0 Å². The molecule has 1 heterocycles. The number of carbonyl (C=O) groups is 1. The van der Waals surface area contributed by atoms with Crippen LogP contribution < -0.4 is 11.1 Å². The van der Waals surface area contributed by atoms with E-state index in [4.69, 9.17) is 10.3 Å². The summed E-state index contributed by atoms with van der Waals surface area (Å²) in [6, 6.07) is 17.2. The van der Waals surface area contributed by atoms with E-state index in [1.807, 2.05) is 61.5 Å². The van der Waals surface area contributed by atoms with E-state index in [0.717, 1.165) is 16.7 Å². The summed E-state index contributed by atoms with van der Waals surface area (Å²) < 4.78 is 5.43. The lowest BCUT2D eigenvalue weighted by atomic mass is 10.0. The quantitative estimate of drug-likeness (QED) is 0.766. The standard InChI is InChI=1S/C20H19N3O2/c1-13-8-10-15(11-9-13)19-18(20(24)22-2)17(25-23-19)12-16(21)14-6-4-3-5-7-14/h3-12H,21H2,1-2H3,(H,22,24)/b16-12-. The lowest BCUT2D eigenvalue weighted by molar-refractivity contribution is 0.0963. The Balaban J connectivity index is 2.09. The minimum absolute atomic E-state index is 0.274. The summed E-state index contributed by atoms with van der Waals surface area (Å²) in [6.45, 7) is 2.00. The first-order chi connectivity index (χ1) is 12.1. The molecule has 0 aliphatic rings. The van der Waals surface area contributed by atoms with Crippen molar-refractivity contribution in [2.75, 3.05) is 7.05 Å². The average Bonchev–Trinajstić information content (AvgIpc) is 3.06. The third-order valence-corrected chi connectivity index (χ3v) is 3.89. The molecule has 0 radical (unpaired) electrons. The van der Waals surface area contributed by atoms with Crippen molar-refractivity contribution < 1.29 is 9.32 Å². The third kappa shape index (κ3) is 3.45. The molecular weight excluding hydrogens is 314 g/mol. The number of benzene rings is 2. The summed E-state index contributed by atoms with van der Waals surface area (Å²) in [4.78, 5) is 12.4. The van der Waals surface area contributed by atoms with E-state index >= 15 is 0 Å². The fourth-order valence-corrected chi connectivity index (χ4v) is 2.51. The van der Waals surface area contributed by atoms with Crippen molar-refractivity contribution in [3.8, 4) is 11.3 Å². The fourth-order valence-electron chi connectivity index (χ4n) is 2.51. The molecular formula is C20H19N3O2. The number of nitrogens with two attached hydrogens (primary N) is 1. The van der Waals surface area contributed by atoms with Gasteiger partial charge in [0, 0.05) is 24.4 Å². The van der Waals surface area contributed by atoms with Gasteiger partial charge in [-0.3, -0.25) is 4.79 Å². The van der Waals surface area contributed by atoms with Gasteiger partial charge in [0.1, 0.15) is 11.3 Å². The Morgan fingerprint density at radius 3 is 2.44 bits per heavy atom. The molecule has 0 fully saturated rings. The number of carbonyl (C=O) groups excluding carboxylic acids is 1. The second-order valence-corrected chi connectivity index (χ2v) is 5.68. The molecule has 0 saturated carbocycles. The predicted molar refractivity (Wildman–Crippen MR) is 98.6 cm³/mol. The van der Waals surface area contributed by atoms with E-state index in [9.17, 15) is 4.79 Å². The van der Waals surface area contributed by atoms with E-state index in [2.05, 4.69) is 10.5 Å². The average molecular weight is 333 g/mol. The Morgan fingerprint density at radius 2 is 1.80 bits per heavy atom. The number of nitrogens with one attached hydrogen (secondary N) is 1. The van der Waals surface area contributed by atoms with Gasteiger partial charge in [0.2, 0.25) is 0 Å². The van der Waals surface area contributed by atoms with Crippen LogP contribution in [0, 0.1) is 6.92 Å². The maximum Gasteiger partial charge on any atom is 0.257 e. The van der Waals surface area contributed by atoms with Gasteiger partial charge in [0.05, 0.1) is 0 Å². The van der Waals surface area contributed by atoms with Crippen LogP contribution >= 0.6 is 0 Å². The zero-order chi connectivity index (χ0) is 17.8. The summed E-state index contributed by atoms with van der Waals surface area (Å²) in [5, 5.41) is 6.73. The van der Waals surface area contributed by atoms with E-state index in [1.165, 1.54) is 0 Å². The topological polar surface area (TPSA) is 81.2 Å². The van der Waals surface area contributed by atoms with E-state index in [1.54, 1.807) is 13.1 Å². The lowest BCUT2D eigenvalue weighted by Crippen LogP contribution is -2.19. The van der Waals surface area contributed by atoms with Crippen molar-refractivity contribution in [2.24, 2.45) is 5.73 Å². The highest BCUT2D eigenvalue weighted by molar-refractivity contribution is 6.03. The van der Waals surface area contributed by atoms with Crippen LogP contribution in [-0.2, 0) is 0 Å². The molecule has 0 aliphatic heterocycles. The first-order valence-corrected chi connectivity index (χ1v) is 7.91. The van der Waals surface area contributed by atoms with E-state index in [-0.39, 0.29) is 5.91 Å². The Labute approximate surface area is 146 Å². The molecule has 0 saturated heterocycles. The zero-order valence-electron chi connectivity index (χ0n) is 14.1. The lowest BCUT2D eigenvalue weighted by Gasteiger charge is -2.03. The van der Waals surface area contributed by atoms with Crippen molar-refractivity contribution in [3.05, 3.63) is 77.0 Å². The fraction of sp³-hybridized carbons (Fsp3) is 0.100. The Kier molecular flexibility index (Phi) is 4.66. The van der Waals surface area contributed by atoms with Crippen molar-refractivity contribution >= 4 is 17.7 Å². The highest BCUT2D eigenvalue weighted by atomic mass is 16.5. The SMILES string of the molecule is CNC(=O)c1c(-c2ccc(C)cc2)noc1/C=C(\N)c1ccccc1. The van der Waals surface area contributed by atoms with Crippen LogP contribution in [-0.4, -0.2) is 18.1 Å². The summed E-state index contributed by atoms with van der Waals surface area (Å²) in [5.74, 6) is 0.0558. The molecule has 0 bridgehead atoms. The third-order valence-electron chi connectivity index (χ3n) is 3.89. The number of hydrogen-bond acceptors (Lipinski definition) is 4. The summed E-state index contributed by atoms with van der Waals surface area (Å²) >= 11 is 0. The van der Waals surface area contributed by atoms with E-state index < -0.39 is 0 Å². The Bertz CT molecular complexity index is 910. The van der Waals surface area contributed by atoms with Crippen molar-refractivity contribution in [1.29, 1.82) is 0 Å². The zero-order valence-corrected chi connectivity index (χ0v) is 14.1. The molecule has 126 valence electrons. The number of aryl methyl sites for hydroxylation is 1. The molecule has 3 aromatic rings. The largest absolute Gasteiger partial charge is 0.398 e. The van der Waals surface area contributed by atoms with Crippen LogP contribution in [0.3, 0.4) is 0 Å². The number of aromatic nitrogens is 1. The summed E-state index contributed by atoms with van der Waals surface area (Å²) in [5.41, 5.74) is 10.3. The van der Waals surface area contributed by atoms with Crippen LogP contribution in [0.4, 0.5) is 0 Å². The molecule has 2 aromatic carbocycles. The molecule has 5 nitrogen and oxygen atoms in total. The molecule has 1 aromatic heterocycles. The van der Waals surface area contributed by atoms with Crippen LogP contribution in [0.2, 0.25) is 0 Å². The number of amides is 1. The first-order valence-electron chi connectivity index (χ1n) is 7.91. The van der Waals surface area contributed by atoms with Gasteiger partial charge in [0.15, 0.2) is 5.76 Å². The molecule has 0 aliphatic carbocycles. The van der Waals surface area contributed by atoms with Gasteiger partial charge in [-0.15, -0.1) is 0 Å². The molecule has 5 heteroatoms. The van der Waals surface area contributed by atoms with Gasteiger partial charge < -0.3 is 15.6 Å². The summed E-state index contributed by atoms with van der Waals surface area (Å²) in [6.07, 6.45) is 1.63. The van der Waals surface area contributed by atoms with Gasteiger partial charge in [0.25, 0.3) is 5.91 Å². The van der Waals surface area contributed by atoms with Crippen LogP contribution in [0.25, 0.3) is 23.0 Å². The molecule has 0 spiro atoms. The van der Waals surface area contributed by atoms with E-state index in [0.29, 0.717) is 22.7 Å². The normalized spacial score (nSPS) is 11.4. The minimum atomic E-state index is -0.274. The van der Waals surface area contributed by atoms with Gasteiger partial charge >= 0.3 is 0 Å². The summed E-state index contributed by atoms with van der Waals surface area (Å²) in [7, 11) is 1.57. The highest BCUT2D eigenvalue weighted by Gasteiger charge is 2.22. The maximum atomic E-state index is 12.4. The van der Waals surface area contributed by atoms with Gasteiger partial charge in [-0.1, -0.05) is 65.3 Å². The van der Waals surface area contributed by atoms with Crippen LogP contribution in [0.15, 0.2) is 59.1 Å². The monoisotopic (exact) mass is 333 g/mol. The molecule has 1 amide bonds. The minimum Gasteiger partial charge on any atom is -0.398 e. The molecule has 0 atom stereocenters. The Morgan fingerprint density at radius 1 is 1.12 bits per heavy atom. The number of nitrogens with zero attached hydrogens (tertiary/aromatic N) is 1. The van der Waals surface area contributed by atoms with Crippen LogP contribution in [0.1, 0.15) is 27.2 Å². The molecule has 25 heavy (non-hydrogen) atoms. The predicted octanol–water partition coefficient (Wildman–Crippen LogP) is 3.47. The highest BCUT2D eigenvalue weighted by Crippen LogP contribution is 2.28. The number of rotatable bonds is 4. The van der Waals surface area contributed by atoms with Crippen molar-refractivity contribution in [2.45, 2.75) is 6.92 Å². The van der Waals surface area contributed by atoms with Crippen molar-refractivity contribution in [3.63, 3.8) is 0 Å². The van der Waals surface area contributed by atoms with Gasteiger partial charge in [-0.2, -0.15) is 0 Å². The molecule has 3 N–H and O–H groups in total. The Hall–Kier alpha value is -3.34. The number of hydrogen-bond donors (Lipinski definition) is 2. The molecule has 0 unspecified atom stereocenters. The maximum absolute atomic E-state index is 12.4. The first kappa shape index (κ1) is 16.5. The van der Waals surface area contributed by atoms with Crippen molar-refractivity contribution in [1.82, 2.24) is 10.5 Å². The van der Waals surface area contributed by atoms with Gasteiger partial charge in [-0.05, 0) is 12.5 Å². The second kappa shape index (κ2) is 7.05. The second-order valence-electron chi connectivity index (χ2n) is 5.68. The molecule has 3 rings (SSSR count). The van der Waals surface area contributed by atoms with Gasteiger partial charge in [-0.25, -0.2) is 0 Å².